The van der Waals surface area contributed by atoms with E-state index in [0.717, 1.165) is 60.7 Å². The predicted molar refractivity (Wildman–Crippen MR) is 433 cm³/mol. The van der Waals surface area contributed by atoms with Crippen LogP contribution in [0.5, 0.6) is 57.5 Å². The van der Waals surface area contributed by atoms with Crippen LogP contribution in [-0.4, -0.2) is 251 Å². The molecule has 0 radical (unpaired) electrons. The van der Waals surface area contributed by atoms with Gasteiger partial charge in [0.15, 0.2) is 36.2 Å². The van der Waals surface area contributed by atoms with Crippen molar-refractivity contribution in [2.75, 3.05) is 20.8 Å². The van der Waals surface area contributed by atoms with E-state index in [1.54, 1.807) is 0 Å². The predicted octanol–water partition coefficient (Wildman–Crippen LogP) is 0.953. The first-order chi connectivity index (χ1) is 60.0. The number of ether oxygens (including phenoxy) is 11. The summed E-state index contributed by atoms with van der Waals surface area (Å²) >= 11 is 14.0. The molecule has 0 saturated carbocycles. The Labute approximate surface area is 726 Å². The number of amides is 6. The minimum absolute atomic E-state index is 0.122. The first-order valence-electron chi connectivity index (χ1n) is 39.8. The maximum Gasteiger partial charge on any atom is 0.330 e. The zero-order chi connectivity index (χ0) is 90.5. The lowest BCUT2D eigenvalue weighted by atomic mass is 9.89. The molecule has 674 valence electrons. The summed E-state index contributed by atoms with van der Waals surface area (Å²) in [6, 6.07) is 7.58. The SMILES string of the molecule is CN[C@H](C(=O)N[C@@H]1C(=O)N[C@@H](c2ccc(O)c(Cl)c2)C(=O)N[C@H]2C(=O)N[C@@H]3C(=O)N[C@@H](C(=O)N[C@H](C(=O)O)c4cc(O)cc(O)c4-c4cc3ccc4O)[C@H](O[C@H]3C[C@@H](N)[C@H](O)[C@@H](C)O3)c3ccc(c(Cl)c3)Oc3cc2cc(c3O[C@H]2O[C@H](CO)[C@H](O)[C@H](O)[C@H]2O[C@H]2C[C@H](N)[C@@H](O)[C@H](C)O2)Oc2ccc(cc2)[C@@H]1O)c1ccc(O[C@@H]2O[C@H](C)[C@@H](O)[C@H](O)[C@H]2OC)cc1. The fraction of sp³-hybridized carbons (Fsp3) is 0.417. The summed E-state index contributed by atoms with van der Waals surface area (Å²) in [6.07, 6.45) is -27.7. The van der Waals surface area contributed by atoms with Gasteiger partial charge in [-0.3, -0.25) is 28.8 Å². The van der Waals surface area contributed by atoms with Crippen LogP contribution >= 0.6 is 23.2 Å². The van der Waals surface area contributed by atoms with Crippen LogP contribution in [0.15, 0.2) is 127 Å². The fourth-order valence-corrected chi connectivity index (χ4v) is 16.4. The van der Waals surface area contributed by atoms with Crippen molar-refractivity contribution in [2.45, 2.75) is 199 Å². The van der Waals surface area contributed by atoms with E-state index in [0.29, 0.717) is 0 Å². The van der Waals surface area contributed by atoms with E-state index in [4.69, 9.17) is 86.8 Å². The molecule has 9 heterocycles. The molecule has 0 unspecified atom stereocenters. The molecule has 7 aromatic carbocycles. The van der Waals surface area contributed by atoms with Gasteiger partial charge in [-0.15, -0.1) is 0 Å². The van der Waals surface area contributed by atoms with Crippen LogP contribution in [0, 0.1) is 0 Å². The number of benzene rings is 7. The molecule has 4 fully saturated rings. The first kappa shape index (κ1) is 91.3. The Morgan fingerprint density at radius 2 is 1.10 bits per heavy atom. The molecule has 0 spiro atoms. The van der Waals surface area contributed by atoms with E-state index >= 15 is 28.8 Å². The molecule has 16 rings (SSSR count). The number of nitrogens with two attached hydrogens (primary N) is 2. The normalized spacial score (nSPS) is 32.1. The number of carboxylic acid groups (broad SMARTS) is 1. The number of fused-ring (bicyclic) bond motifs is 15. The van der Waals surface area contributed by atoms with Crippen molar-refractivity contribution in [3.8, 4) is 68.6 Å². The Morgan fingerprint density at radius 1 is 0.540 bits per heavy atom. The van der Waals surface area contributed by atoms with Crippen molar-refractivity contribution < 1.29 is 152 Å². The summed E-state index contributed by atoms with van der Waals surface area (Å²) < 4.78 is 69.1. The molecule has 7 aromatic rings. The highest BCUT2D eigenvalue weighted by atomic mass is 35.5. The number of aliphatic hydroxyl groups excluding tert-OH is 8. The molecule has 126 heavy (non-hydrogen) atoms. The Kier molecular flexibility index (Phi) is 27.5. The average Bonchev–Trinajstić information content (AvgIpc) is 0.762. The maximum atomic E-state index is 16.7. The third kappa shape index (κ3) is 18.9. The van der Waals surface area contributed by atoms with Gasteiger partial charge in [0.1, 0.15) is 125 Å². The molecule has 11 bridgehead atoms. The second-order valence-corrected chi connectivity index (χ2v) is 32.2. The molecule has 0 aromatic heterocycles. The molecule has 40 nitrogen and oxygen atoms in total. The highest BCUT2D eigenvalue weighted by Gasteiger charge is 2.52. The molecular weight excluding hydrogens is 1700 g/mol. The number of aliphatic carboxylic acids is 1. The van der Waals surface area contributed by atoms with Crippen LogP contribution < -0.4 is 67.6 Å². The number of nitrogens with one attached hydrogen (secondary N) is 7. The van der Waals surface area contributed by atoms with Gasteiger partial charge < -0.3 is 167 Å². The summed E-state index contributed by atoms with van der Waals surface area (Å²) in [5, 5.41) is 165. The van der Waals surface area contributed by atoms with Gasteiger partial charge in [-0.2, -0.15) is 0 Å². The van der Waals surface area contributed by atoms with Crippen molar-refractivity contribution in [3.05, 3.63) is 176 Å². The van der Waals surface area contributed by atoms with Crippen LogP contribution in [-0.2, 0) is 66.7 Å². The van der Waals surface area contributed by atoms with Gasteiger partial charge in [0.25, 0.3) is 0 Å². The minimum atomic E-state index is -2.39. The Balaban J connectivity index is 0.965. The van der Waals surface area contributed by atoms with Gasteiger partial charge in [0.2, 0.25) is 53.8 Å². The third-order valence-electron chi connectivity index (χ3n) is 22.9. The summed E-state index contributed by atoms with van der Waals surface area (Å²) in [5.41, 5.74) is 10.0. The standard InChI is InChI=1S/C84H93Cl2N9O31/c1-30-65(101)46(87)27-55(117-30)124-72-37-12-19-51(45(86)22-37)122-53-24-38-23-52(73(53)126-84-75(71(107)69(105)54(29-96)123-84)125-56-28-47(88)66(102)31(2)118-56)120-40-15-8-34(9-16-40)68(104)63(94-76(108)58(89-4)33-6-13-41(14-7-33)121-83-74(116-5)70(106)67(103)32(3)119-83)80(112)91-60(36-11-18-49(99)44(85)21-36)77(109)92-61(38)79(111)90-59-35-10-17-48(98)42(20-35)57-43(25-39(97)26-50(57)100)62(82(114)115)93-81(113)64(72)95-78(59)110/h6-26,30-32,46-47,54-56,58-72,74-75,83-84,89,96-107H,27-29,87-88H2,1-5H3,(H,90,111)(H,91,112)(H,92,109)(H,93,113)(H,94,108)(H,95,110)(H,114,115)/t30-,31+,32-,46-,47+,54-,55+,56+,58+,59+,60+,61-,62+,63+,64-,65-,66+,67-,68+,69+,70+,71+,72-,74-,75-,83+,84-/m1/s1. The Bertz CT molecular complexity index is 5220. The van der Waals surface area contributed by atoms with Crippen LogP contribution in [0.2, 0.25) is 10.0 Å². The largest absolute Gasteiger partial charge is 0.508 e. The van der Waals surface area contributed by atoms with Crippen molar-refractivity contribution >= 4 is 64.6 Å². The molecule has 6 amide bonds. The first-order valence-corrected chi connectivity index (χ1v) is 40.6. The summed E-state index contributed by atoms with van der Waals surface area (Å²) in [5.74, 6) is -15.0. The second kappa shape index (κ2) is 37.9. The number of aromatic hydroxyl groups is 4. The lowest BCUT2D eigenvalue weighted by Gasteiger charge is -2.44. The number of carboxylic acids is 1. The number of rotatable bonds is 16. The highest BCUT2D eigenvalue weighted by Crippen LogP contribution is 2.50. The lowest BCUT2D eigenvalue weighted by Crippen LogP contribution is -2.62. The monoisotopic (exact) mass is 1790 g/mol. The summed E-state index contributed by atoms with van der Waals surface area (Å²) in [7, 11) is 2.68. The van der Waals surface area contributed by atoms with E-state index in [1.807, 2.05) is 0 Å². The third-order valence-corrected chi connectivity index (χ3v) is 23.5. The van der Waals surface area contributed by atoms with Crippen LogP contribution in [0.3, 0.4) is 0 Å². The topological polar surface area (TPSA) is 620 Å². The second-order valence-electron chi connectivity index (χ2n) is 31.4. The van der Waals surface area contributed by atoms with Crippen LogP contribution in [0.4, 0.5) is 0 Å². The van der Waals surface area contributed by atoms with Gasteiger partial charge in [0.05, 0.1) is 47.2 Å². The van der Waals surface area contributed by atoms with Crippen LogP contribution in [0.1, 0.15) is 115 Å². The molecule has 0 aliphatic carbocycles. The minimum Gasteiger partial charge on any atom is -0.508 e. The van der Waals surface area contributed by atoms with Gasteiger partial charge in [-0.05, 0) is 140 Å². The molecule has 9 aliphatic rings. The average molecular weight is 1800 g/mol. The number of phenols is 4. The van der Waals surface area contributed by atoms with Gasteiger partial charge in [0, 0.05) is 54.8 Å². The lowest BCUT2D eigenvalue weighted by molar-refractivity contribution is -0.330. The van der Waals surface area contributed by atoms with E-state index in [1.165, 1.54) is 102 Å². The number of aliphatic hydroxyl groups is 8. The smallest absolute Gasteiger partial charge is 0.330 e. The molecule has 42 heteroatoms. The highest BCUT2D eigenvalue weighted by molar-refractivity contribution is 6.32. The van der Waals surface area contributed by atoms with E-state index in [9.17, 15) is 71.2 Å². The Hall–Kier alpha value is -10.9. The van der Waals surface area contributed by atoms with Crippen molar-refractivity contribution in [3.63, 3.8) is 0 Å². The van der Waals surface area contributed by atoms with E-state index in [-0.39, 0.29) is 52.2 Å². The quantitative estimate of drug-likeness (QED) is 0.0640. The number of carbonyl (C=O) groups is 7. The molecule has 4 saturated heterocycles. The molecule has 27 atom stereocenters. The summed E-state index contributed by atoms with van der Waals surface area (Å²) in [6.45, 7) is 3.47. The number of hydrogen-bond acceptors (Lipinski definition) is 33. The number of carbonyl (C=O) groups excluding carboxylic acids is 6. The maximum absolute atomic E-state index is 16.7. The summed E-state index contributed by atoms with van der Waals surface area (Å²) in [4.78, 5) is 110. The zero-order valence-electron chi connectivity index (χ0n) is 67.4. The van der Waals surface area contributed by atoms with Gasteiger partial charge >= 0.3 is 5.97 Å². The molecule has 24 N–H and O–H groups in total. The Morgan fingerprint density at radius 3 is 1.70 bits per heavy atom. The van der Waals surface area contributed by atoms with E-state index < -0.39 is 291 Å². The fourth-order valence-electron chi connectivity index (χ4n) is 16.0. The van der Waals surface area contributed by atoms with E-state index in [2.05, 4.69) is 37.2 Å². The number of hydrogen-bond donors (Lipinski definition) is 22. The van der Waals surface area contributed by atoms with Crippen molar-refractivity contribution in [1.29, 1.82) is 0 Å². The number of phenolic OH excluding ortho intramolecular Hbond substituents is 4. The number of methoxy groups -OCH3 is 1. The van der Waals surface area contributed by atoms with Crippen molar-refractivity contribution in [2.24, 2.45) is 11.5 Å². The molecule has 9 aliphatic heterocycles. The number of halogens is 2. The van der Waals surface area contributed by atoms with Crippen molar-refractivity contribution in [1.82, 2.24) is 37.2 Å². The molecular formula is C84H93Cl2N9O31. The number of likely N-dealkylation sites (N-methyl/N-ethyl adjacent to an activating group) is 1. The zero-order valence-corrected chi connectivity index (χ0v) is 68.9. The van der Waals surface area contributed by atoms with Gasteiger partial charge in [-0.25, -0.2) is 4.79 Å². The van der Waals surface area contributed by atoms with Gasteiger partial charge in [-0.1, -0.05) is 65.7 Å². The van der Waals surface area contributed by atoms with Crippen LogP contribution in [0.25, 0.3) is 11.1 Å².